The number of anilines is 3. The minimum Gasteiger partial charge on any atom is -0.465 e. The minimum atomic E-state index is -0.493. The molecular formula is C21H17N5O3. The van der Waals surface area contributed by atoms with E-state index in [-0.39, 0.29) is 11.6 Å². The first-order chi connectivity index (χ1) is 14.0. The molecule has 8 nitrogen and oxygen atoms in total. The van der Waals surface area contributed by atoms with Crippen molar-refractivity contribution in [2.45, 2.75) is 6.92 Å². The number of benzene rings is 2. The maximum atomic E-state index is 12.6. The first kappa shape index (κ1) is 19.5. The number of ether oxygens (including phenoxy) is 1. The lowest BCUT2D eigenvalue weighted by molar-refractivity contribution is 0.0600. The number of hydrogen-bond donors (Lipinski definition) is 2. The second-order valence-electron chi connectivity index (χ2n) is 6.06. The van der Waals surface area contributed by atoms with Crippen molar-refractivity contribution in [3.63, 3.8) is 0 Å². The van der Waals surface area contributed by atoms with E-state index in [0.29, 0.717) is 28.2 Å². The zero-order valence-corrected chi connectivity index (χ0v) is 15.8. The summed E-state index contributed by atoms with van der Waals surface area (Å²) >= 11 is 0. The molecule has 0 saturated carbocycles. The molecule has 144 valence electrons. The first-order valence-electron chi connectivity index (χ1n) is 8.61. The van der Waals surface area contributed by atoms with Crippen LogP contribution in [0.25, 0.3) is 0 Å². The van der Waals surface area contributed by atoms with Gasteiger partial charge in [-0.3, -0.25) is 4.79 Å². The van der Waals surface area contributed by atoms with Crippen molar-refractivity contribution in [1.29, 1.82) is 5.26 Å². The molecule has 0 aliphatic rings. The zero-order chi connectivity index (χ0) is 20.8. The predicted molar refractivity (Wildman–Crippen MR) is 107 cm³/mol. The normalized spacial score (nSPS) is 9.97. The van der Waals surface area contributed by atoms with Crippen LogP contribution in [0.3, 0.4) is 0 Å². The molecule has 0 spiro atoms. The van der Waals surface area contributed by atoms with Crippen molar-refractivity contribution >= 4 is 29.2 Å². The van der Waals surface area contributed by atoms with Crippen LogP contribution in [-0.4, -0.2) is 29.0 Å². The van der Waals surface area contributed by atoms with Gasteiger partial charge in [0.2, 0.25) is 5.95 Å². The van der Waals surface area contributed by atoms with Gasteiger partial charge >= 0.3 is 5.97 Å². The van der Waals surface area contributed by atoms with E-state index in [2.05, 4.69) is 25.3 Å². The third-order valence-corrected chi connectivity index (χ3v) is 3.90. The van der Waals surface area contributed by atoms with Crippen LogP contribution in [0.2, 0.25) is 0 Å². The molecule has 1 aromatic heterocycles. The smallest absolute Gasteiger partial charge is 0.337 e. The fraction of sp³-hybridized carbons (Fsp3) is 0.0952. The Morgan fingerprint density at radius 3 is 2.48 bits per heavy atom. The number of carbonyl (C=O) groups excluding carboxylic acids is 2. The van der Waals surface area contributed by atoms with E-state index in [9.17, 15) is 9.59 Å². The molecule has 2 N–H and O–H groups in total. The van der Waals surface area contributed by atoms with Crippen molar-refractivity contribution in [1.82, 2.24) is 9.97 Å². The number of rotatable bonds is 5. The summed E-state index contributed by atoms with van der Waals surface area (Å²) < 4.78 is 4.69. The van der Waals surface area contributed by atoms with E-state index in [4.69, 9.17) is 5.26 Å². The number of nitriles is 1. The van der Waals surface area contributed by atoms with Gasteiger partial charge in [0.15, 0.2) is 0 Å². The SMILES string of the molecule is COC(=O)c1cccc(NC(=O)c2cc(C)nc(Nc3ccc(C#N)cc3)n2)c1. The molecule has 0 fully saturated rings. The quantitative estimate of drug-likeness (QED) is 0.644. The summed E-state index contributed by atoms with van der Waals surface area (Å²) in [4.78, 5) is 32.8. The molecule has 0 atom stereocenters. The highest BCUT2D eigenvalue weighted by Crippen LogP contribution is 2.16. The summed E-state index contributed by atoms with van der Waals surface area (Å²) in [5, 5.41) is 14.6. The van der Waals surface area contributed by atoms with Crippen LogP contribution in [0.5, 0.6) is 0 Å². The molecule has 8 heteroatoms. The van der Waals surface area contributed by atoms with Crippen LogP contribution in [0.15, 0.2) is 54.6 Å². The van der Waals surface area contributed by atoms with Gasteiger partial charge in [-0.2, -0.15) is 5.26 Å². The third-order valence-electron chi connectivity index (χ3n) is 3.90. The number of amides is 1. The lowest BCUT2D eigenvalue weighted by Gasteiger charge is -2.09. The summed E-state index contributed by atoms with van der Waals surface area (Å²) in [6, 6.07) is 16.8. The van der Waals surface area contributed by atoms with Gasteiger partial charge in [-0.1, -0.05) is 6.07 Å². The zero-order valence-electron chi connectivity index (χ0n) is 15.8. The van der Waals surface area contributed by atoms with Crippen LogP contribution >= 0.6 is 0 Å². The maximum Gasteiger partial charge on any atom is 0.337 e. The van der Waals surface area contributed by atoms with Crippen LogP contribution in [0.1, 0.15) is 32.1 Å². The fourth-order valence-electron chi connectivity index (χ4n) is 2.53. The summed E-state index contributed by atoms with van der Waals surface area (Å²) in [6.07, 6.45) is 0. The van der Waals surface area contributed by atoms with Crippen LogP contribution in [-0.2, 0) is 4.74 Å². The molecule has 3 rings (SSSR count). The lowest BCUT2D eigenvalue weighted by atomic mass is 10.2. The van der Waals surface area contributed by atoms with Gasteiger partial charge in [0.05, 0.1) is 24.3 Å². The van der Waals surface area contributed by atoms with E-state index in [1.165, 1.54) is 13.2 Å². The molecule has 0 aliphatic heterocycles. The number of methoxy groups -OCH3 is 1. The molecule has 2 aromatic carbocycles. The maximum absolute atomic E-state index is 12.6. The van der Waals surface area contributed by atoms with E-state index < -0.39 is 11.9 Å². The van der Waals surface area contributed by atoms with Gasteiger partial charge < -0.3 is 15.4 Å². The molecule has 0 unspecified atom stereocenters. The van der Waals surface area contributed by atoms with Gasteiger partial charge in [-0.15, -0.1) is 0 Å². The highest BCUT2D eigenvalue weighted by molar-refractivity contribution is 6.03. The topological polar surface area (TPSA) is 117 Å². The van der Waals surface area contributed by atoms with E-state index in [0.717, 1.165) is 0 Å². The van der Waals surface area contributed by atoms with Crippen molar-refractivity contribution < 1.29 is 14.3 Å². The van der Waals surface area contributed by atoms with Crippen molar-refractivity contribution in [3.8, 4) is 6.07 Å². The molecule has 3 aromatic rings. The Morgan fingerprint density at radius 2 is 1.79 bits per heavy atom. The molecule has 1 heterocycles. The predicted octanol–water partition coefficient (Wildman–Crippen LogP) is 3.44. The summed E-state index contributed by atoms with van der Waals surface area (Å²) in [5.74, 6) is -0.684. The van der Waals surface area contributed by atoms with Crippen LogP contribution in [0, 0.1) is 18.3 Å². The van der Waals surface area contributed by atoms with Gasteiger partial charge in [0, 0.05) is 17.1 Å². The Hall–Kier alpha value is -4.25. The Balaban J connectivity index is 1.79. The molecule has 29 heavy (non-hydrogen) atoms. The number of hydrogen-bond acceptors (Lipinski definition) is 7. The van der Waals surface area contributed by atoms with E-state index in [1.807, 2.05) is 6.07 Å². The van der Waals surface area contributed by atoms with Gasteiger partial charge in [0.25, 0.3) is 5.91 Å². The van der Waals surface area contributed by atoms with Crippen molar-refractivity contribution in [2.75, 3.05) is 17.7 Å². The number of aromatic nitrogens is 2. The van der Waals surface area contributed by atoms with Gasteiger partial charge in [-0.05, 0) is 55.5 Å². The molecule has 0 aliphatic carbocycles. The first-order valence-corrected chi connectivity index (χ1v) is 8.61. The van der Waals surface area contributed by atoms with Gasteiger partial charge in [-0.25, -0.2) is 14.8 Å². The average Bonchev–Trinajstić information content (AvgIpc) is 2.73. The fourth-order valence-corrected chi connectivity index (χ4v) is 2.53. The number of carbonyl (C=O) groups is 2. The molecular weight excluding hydrogens is 370 g/mol. The summed E-state index contributed by atoms with van der Waals surface area (Å²) in [7, 11) is 1.29. The lowest BCUT2D eigenvalue weighted by Crippen LogP contribution is -2.16. The second-order valence-corrected chi connectivity index (χ2v) is 6.06. The number of nitrogens with one attached hydrogen (secondary N) is 2. The second kappa shape index (κ2) is 8.63. The van der Waals surface area contributed by atoms with Crippen LogP contribution < -0.4 is 10.6 Å². The summed E-state index contributed by atoms with van der Waals surface area (Å²) in [5.41, 5.74) is 2.76. The molecule has 0 saturated heterocycles. The Kier molecular flexibility index (Phi) is 5.80. The molecule has 1 amide bonds. The van der Waals surface area contributed by atoms with Crippen molar-refractivity contribution in [3.05, 3.63) is 77.1 Å². The van der Waals surface area contributed by atoms with Crippen LogP contribution in [0.4, 0.5) is 17.3 Å². The number of esters is 1. The highest BCUT2D eigenvalue weighted by atomic mass is 16.5. The van der Waals surface area contributed by atoms with E-state index in [1.54, 1.807) is 55.5 Å². The standard InChI is InChI=1S/C21H17N5O3/c1-13-10-18(19(27)24-17-5-3-4-15(11-17)20(28)29-2)26-21(23-13)25-16-8-6-14(12-22)7-9-16/h3-11H,1-2H3,(H,24,27)(H,23,25,26). The highest BCUT2D eigenvalue weighted by Gasteiger charge is 2.13. The minimum absolute atomic E-state index is 0.164. The third kappa shape index (κ3) is 4.93. The van der Waals surface area contributed by atoms with Gasteiger partial charge in [0.1, 0.15) is 5.69 Å². The average molecular weight is 387 g/mol. The van der Waals surface area contributed by atoms with Crippen molar-refractivity contribution in [2.24, 2.45) is 0 Å². The Bertz CT molecular complexity index is 1100. The Labute approximate surface area is 167 Å². The summed E-state index contributed by atoms with van der Waals surface area (Å²) in [6.45, 7) is 1.75. The monoisotopic (exact) mass is 387 g/mol. The largest absolute Gasteiger partial charge is 0.465 e. The molecule has 0 radical (unpaired) electrons. The Morgan fingerprint density at radius 1 is 1.03 bits per heavy atom. The molecule has 0 bridgehead atoms. The number of aryl methyl sites for hydroxylation is 1. The van der Waals surface area contributed by atoms with E-state index >= 15 is 0 Å². The number of nitrogens with zero attached hydrogens (tertiary/aromatic N) is 3.